The molecule has 0 bridgehead atoms. The van der Waals surface area contributed by atoms with Gasteiger partial charge in [-0.15, -0.1) is 0 Å². The molecule has 0 unspecified atom stereocenters. The van der Waals surface area contributed by atoms with Crippen molar-refractivity contribution in [1.29, 1.82) is 0 Å². The van der Waals surface area contributed by atoms with Gasteiger partial charge in [-0.2, -0.15) is 0 Å². The summed E-state index contributed by atoms with van der Waals surface area (Å²) in [4.78, 5) is 26.3. The van der Waals surface area contributed by atoms with Gasteiger partial charge in [0.2, 0.25) is 0 Å². The van der Waals surface area contributed by atoms with E-state index in [1.807, 2.05) is 6.92 Å². The highest BCUT2D eigenvalue weighted by Crippen LogP contribution is 2.25. The van der Waals surface area contributed by atoms with Crippen molar-refractivity contribution >= 4 is 44.9 Å². The fourth-order valence-corrected chi connectivity index (χ4v) is 1.99. The monoisotopic (exact) mass is 369 g/mol. The molecule has 1 heterocycles. The number of nitrogens with one attached hydrogen (secondary N) is 1. The second kappa shape index (κ2) is 6.19. The number of pyridine rings is 1. The zero-order valence-electron chi connectivity index (χ0n) is 10.8. The van der Waals surface area contributed by atoms with Crippen molar-refractivity contribution < 1.29 is 9.72 Å². The van der Waals surface area contributed by atoms with Gasteiger partial charge in [-0.05, 0) is 46.6 Å². The predicted octanol–water partition coefficient (Wildman–Crippen LogP) is 3.97. The van der Waals surface area contributed by atoms with Crippen molar-refractivity contribution in [1.82, 2.24) is 4.98 Å². The Balaban J connectivity index is 2.26. The molecule has 6 nitrogen and oxygen atoms in total. The Morgan fingerprint density at radius 2 is 2.14 bits per heavy atom. The molecule has 0 spiro atoms. The van der Waals surface area contributed by atoms with Crippen molar-refractivity contribution in [3.63, 3.8) is 0 Å². The lowest BCUT2D eigenvalue weighted by molar-refractivity contribution is -0.384. The number of halogens is 2. The van der Waals surface area contributed by atoms with Crippen molar-refractivity contribution in [3.8, 4) is 0 Å². The van der Waals surface area contributed by atoms with E-state index in [0.29, 0.717) is 5.82 Å². The zero-order valence-corrected chi connectivity index (χ0v) is 13.1. The first-order chi connectivity index (χ1) is 9.88. The Morgan fingerprint density at radius 3 is 2.76 bits per heavy atom. The van der Waals surface area contributed by atoms with Gasteiger partial charge in [-0.1, -0.05) is 11.6 Å². The van der Waals surface area contributed by atoms with E-state index in [0.717, 1.165) is 16.1 Å². The molecule has 1 amide bonds. The van der Waals surface area contributed by atoms with Gasteiger partial charge >= 0.3 is 0 Å². The number of nitro groups is 1. The number of nitro benzene ring substituents is 1. The molecule has 8 heteroatoms. The molecule has 2 aromatic rings. The molecule has 0 fully saturated rings. The fraction of sp³-hybridized carbons (Fsp3) is 0.0769. The smallest absolute Gasteiger partial charge is 0.288 e. The van der Waals surface area contributed by atoms with E-state index in [1.165, 1.54) is 12.1 Å². The number of anilines is 1. The Hall–Kier alpha value is -1.99. The summed E-state index contributed by atoms with van der Waals surface area (Å²) in [7, 11) is 0. The third-order valence-electron chi connectivity index (χ3n) is 2.69. The molecule has 0 atom stereocenters. The highest BCUT2D eigenvalue weighted by molar-refractivity contribution is 9.10. The Kier molecular flexibility index (Phi) is 4.54. The summed E-state index contributed by atoms with van der Waals surface area (Å²) in [5, 5.41) is 13.4. The van der Waals surface area contributed by atoms with Crippen LogP contribution in [-0.4, -0.2) is 15.8 Å². The highest BCUT2D eigenvalue weighted by Gasteiger charge is 2.16. The quantitative estimate of drug-likeness (QED) is 0.654. The van der Waals surface area contributed by atoms with Crippen LogP contribution in [0.4, 0.5) is 11.5 Å². The summed E-state index contributed by atoms with van der Waals surface area (Å²) in [5.41, 5.74) is 0.722. The SMILES string of the molecule is Cc1cc(NC(=O)c2ccc(Cl)c([N+](=O)[O-])c2)ncc1Br. The van der Waals surface area contributed by atoms with Gasteiger partial charge in [0.05, 0.1) is 4.92 Å². The number of carbonyl (C=O) groups excluding carboxylic acids is 1. The average Bonchev–Trinajstić information content (AvgIpc) is 2.43. The minimum absolute atomic E-state index is 0.0193. The van der Waals surface area contributed by atoms with Crippen molar-refractivity contribution in [3.05, 3.63) is 61.2 Å². The maximum Gasteiger partial charge on any atom is 0.288 e. The molecular formula is C13H9BrClN3O3. The maximum absolute atomic E-state index is 12.1. The normalized spacial score (nSPS) is 10.2. The molecule has 0 saturated carbocycles. The lowest BCUT2D eigenvalue weighted by Crippen LogP contribution is -2.13. The number of hydrogen-bond donors (Lipinski definition) is 1. The van der Waals surface area contributed by atoms with Crippen molar-refractivity contribution in [2.24, 2.45) is 0 Å². The van der Waals surface area contributed by atoms with Crippen LogP contribution in [0.5, 0.6) is 0 Å². The third kappa shape index (κ3) is 3.56. The first-order valence-electron chi connectivity index (χ1n) is 5.76. The van der Waals surface area contributed by atoms with Crippen LogP contribution < -0.4 is 5.32 Å². The van der Waals surface area contributed by atoms with Crippen LogP contribution in [0.15, 0.2) is 34.9 Å². The van der Waals surface area contributed by atoms with E-state index in [1.54, 1.807) is 12.3 Å². The second-order valence-electron chi connectivity index (χ2n) is 4.20. The summed E-state index contributed by atoms with van der Waals surface area (Å²) in [6.45, 7) is 1.86. The standard InChI is InChI=1S/C13H9BrClN3O3/c1-7-4-12(16-6-9(7)14)17-13(19)8-2-3-10(15)11(5-8)18(20)21/h2-6H,1H3,(H,16,17,19). The first-order valence-corrected chi connectivity index (χ1v) is 6.93. The number of benzene rings is 1. The Morgan fingerprint density at radius 1 is 1.43 bits per heavy atom. The minimum atomic E-state index is -0.638. The fourth-order valence-electron chi connectivity index (χ4n) is 1.59. The Labute approximate surface area is 133 Å². The number of amides is 1. The molecule has 0 saturated heterocycles. The summed E-state index contributed by atoms with van der Waals surface area (Å²) >= 11 is 9.01. The lowest BCUT2D eigenvalue weighted by atomic mass is 10.2. The molecule has 0 aliphatic carbocycles. The molecule has 1 N–H and O–H groups in total. The Bertz CT molecular complexity index is 737. The molecular weight excluding hydrogens is 362 g/mol. The number of aryl methyl sites for hydroxylation is 1. The van der Waals surface area contributed by atoms with Crippen LogP contribution in [0.3, 0.4) is 0 Å². The molecule has 21 heavy (non-hydrogen) atoms. The van der Waals surface area contributed by atoms with Gasteiger partial charge in [0.15, 0.2) is 0 Å². The van der Waals surface area contributed by atoms with Crippen LogP contribution >= 0.6 is 27.5 Å². The highest BCUT2D eigenvalue weighted by atomic mass is 79.9. The van der Waals surface area contributed by atoms with Gasteiger partial charge in [0.25, 0.3) is 11.6 Å². The van der Waals surface area contributed by atoms with E-state index in [2.05, 4.69) is 26.2 Å². The van der Waals surface area contributed by atoms with E-state index >= 15 is 0 Å². The largest absolute Gasteiger partial charge is 0.307 e. The van der Waals surface area contributed by atoms with Crippen LogP contribution in [0.25, 0.3) is 0 Å². The van der Waals surface area contributed by atoms with E-state index < -0.39 is 10.8 Å². The van der Waals surface area contributed by atoms with E-state index in [-0.39, 0.29) is 16.3 Å². The zero-order chi connectivity index (χ0) is 15.6. The molecule has 0 radical (unpaired) electrons. The summed E-state index contributed by atoms with van der Waals surface area (Å²) < 4.78 is 0.822. The van der Waals surface area contributed by atoms with Gasteiger partial charge < -0.3 is 5.32 Å². The average molecular weight is 371 g/mol. The van der Waals surface area contributed by atoms with Gasteiger partial charge in [-0.25, -0.2) is 4.98 Å². The third-order valence-corrected chi connectivity index (χ3v) is 3.84. The summed E-state index contributed by atoms with van der Waals surface area (Å²) in [5.74, 6) is -0.137. The summed E-state index contributed by atoms with van der Waals surface area (Å²) in [6, 6.07) is 5.54. The molecule has 1 aromatic heterocycles. The molecule has 2 rings (SSSR count). The number of carbonyl (C=O) groups is 1. The number of aromatic nitrogens is 1. The molecule has 0 aliphatic rings. The summed E-state index contributed by atoms with van der Waals surface area (Å²) in [6.07, 6.45) is 1.56. The first kappa shape index (κ1) is 15.4. The number of rotatable bonds is 3. The van der Waals surface area contributed by atoms with Crippen LogP contribution in [-0.2, 0) is 0 Å². The topological polar surface area (TPSA) is 85.1 Å². The lowest BCUT2D eigenvalue weighted by Gasteiger charge is -2.06. The molecule has 1 aromatic carbocycles. The molecule has 0 aliphatic heterocycles. The predicted molar refractivity (Wildman–Crippen MR) is 82.7 cm³/mol. The second-order valence-corrected chi connectivity index (χ2v) is 5.46. The van der Waals surface area contributed by atoms with Gasteiger partial charge in [0.1, 0.15) is 10.8 Å². The van der Waals surface area contributed by atoms with Gasteiger partial charge in [-0.3, -0.25) is 14.9 Å². The van der Waals surface area contributed by atoms with Crippen molar-refractivity contribution in [2.75, 3.05) is 5.32 Å². The maximum atomic E-state index is 12.1. The van der Waals surface area contributed by atoms with E-state index in [9.17, 15) is 14.9 Å². The van der Waals surface area contributed by atoms with Crippen molar-refractivity contribution in [2.45, 2.75) is 6.92 Å². The number of hydrogen-bond acceptors (Lipinski definition) is 4. The van der Waals surface area contributed by atoms with Crippen LogP contribution in [0, 0.1) is 17.0 Å². The van der Waals surface area contributed by atoms with Gasteiger partial charge in [0, 0.05) is 22.3 Å². The minimum Gasteiger partial charge on any atom is -0.307 e. The van der Waals surface area contributed by atoms with Crippen LogP contribution in [0.1, 0.15) is 15.9 Å². The number of nitrogens with zero attached hydrogens (tertiary/aromatic N) is 2. The van der Waals surface area contributed by atoms with E-state index in [4.69, 9.17) is 11.6 Å². The van der Waals surface area contributed by atoms with Crippen LogP contribution in [0.2, 0.25) is 5.02 Å². The molecule has 108 valence electrons.